The Kier molecular flexibility index (Phi) is 13.3. The standard InChI is InChI=1S/C45H41Cl2FN2O5S/c1-31(2)26-49(45(52)40-13-6-7-14-43(40)55-39-11-4-3-5-12-39)27-33-9-8-10-34(23-33)29-50(56(53,54)44-25-37(46)24-42(47)41(44)30-51)28-32-15-17-35(18-16-32)36-19-21-38(48)22-20-36/h3-25,31,51H,26-30H2,1-2H3. The van der Waals surface area contributed by atoms with Crippen LogP contribution in [0.4, 0.5) is 4.39 Å². The third kappa shape index (κ3) is 10.0. The van der Waals surface area contributed by atoms with Crippen LogP contribution in [0.15, 0.2) is 144 Å². The Labute approximate surface area is 337 Å². The van der Waals surface area contributed by atoms with Crippen molar-refractivity contribution in [1.82, 2.24) is 9.21 Å². The molecule has 0 aromatic heterocycles. The first-order chi connectivity index (χ1) is 26.9. The number of carbonyl (C=O) groups excluding carboxylic acids is 1. The Balaban J connectivity index is 1.31. The van der Waals surface area contributed by atoms with Crippen LogP contribution in [0.3, 0.4) is 0 Å². The first kappa shape index (κ1) is 40.6. The molecule has 0 spiro atoms. The lowest BCUT2D eigenvalue weighted by Crippen LogP contribution is -2.34. The van der Waals surface area contributed by atoms with E-state index in [4.69, 9.17) is 27.9 Å². The highest BCUT2D eigenvalue weighted by Crippen LogP contribution is 2.33. The predicted octanol–water partition coefficient (Wildman–Crippen LogP) is 10.8. The van der Waals surface area contributed by atoms with Gasteiger partial charge in [-0.25, -0.2) is 12.8 Å². The number of aliphatic hydroxyl groups excluding tert-OH is 1. The molecule has 11 heteroatoms. The molecule has 0 saturated heterocycles. The zero-order valence-electron chi connectivity index (χ0n) is 30.9. The minimum absolute atomic E-state index is 0.0264. The molecule has 0 unspecified atom stereocenters. The van der Waals surface area contributed by atoms with Gasteiger partial charge in [-0.15, -0.1) is 0 Å². The van der Waals surface area contributed by atoms with Gasteiger partial charge < -0.3 is 14.7 Å². The number of para-hydroxylation sites is 2. The summed E-state index contributed by atoms with van der Waals surface area (Å²) in [4.78, 5) is 15.8. The number of ether oxygens (including phenoxy) is 1. The van der Waals surface area contributed by atoms with Crippen molar-refractivity contribution in [3.8, 4) is 22.6 Å². The third-order valence-electron chi connectivity index (χ3n) is 9.07. The molecule has 6 aromatic carbocycles. The fourth-order valence-corrected chi connectivity index (χ4v) is 8.76. The van der Waals surface area contributed by atoms with E-state index >= 15 is 0 Å². The fourth-order valence-electron chi connectivity index (χ4n) is 6.41. The van der Waals surface area contributed by atoms with Gasteiger partial charge >= 0.3 is 0 Å². The number of halogens is 3. The minimum Gasteiger partial charge on any atom is -0.457 e. The molecule has 0 heterocycles. The molecular formula is C45H41Cl2FN2O5S. The number of aliphatic hydroxyl groups is 1. The van der Waals surface area contributed by atoms with Gasteiger partial charge in [-0.2, -0.15) is 4.31 Å². The molecule has 0 radical (unpaired) electrons. The van der Waals surface area contributed by atoms with Crippen LogP contribution in [-0.2, 0) is 36.3 Å². The zero-order valence-corrected chi connectivity index (χ0v) is 33.2. The molecule has 288 valence electrons. The summed E-state index contributed by atoms with van der Waals surface area (Å²) in [5.74, 6) is 0.686. The van der Waals surface area contributed by atoms with Crippen molar-refractivity contribution in [3.63, 3.8) is 0 Å². The normalized spacial score (nSPS) is 11.6. The van der Waals surface area contributed by atoms with Crippen molar-refractivity contribution in [2.75, 3.05) is 6.54 Å². The van der Waals surface area contributed by atoms with Crippen LogP contribution >= 0.6 is 23.2 Å². The topological polar surface area (TPSA) is 87.2 Å². The Bertz CT molecular complexity index is 2390. The molecule has 0 fully saturated rings. The average Bonchev–Trinajstić information content (AvgIpc) is 3.18. The van der Waals surface area contributed by atoms with Gasteiger partial charge in [0, 0.05) is 41.8 Å². The summed E-state index contributed by atoms with van der Waals surface area (Å²) >= 11 is 12.7. The molecule has 0 bridgehead atoms. The molecule has 0 saturated carbocycles. The summed E-state index contributed by atoms with van der Waals surface area (Å²) < 4.78 is 50.1. The lowest BCUT2D eigenvalue weighted by atomic mass is 10.0. The van der Waals surface area contributed by atoms with E-state index in [0.717, 1.165) is 16.7 Å². The van der Waals surface area contributed by atoms with Crippen molar-refractivity contribution in [3.05, 3.63) is 183 Å². The minimum atomic E-state index is -4.30. The SMILES string of the molecule is CC(C)CN(Cc1cccc(CN(Cc2ccc(-c3ccc(F)cc3)cc2)S(=O)(=O)c2cc(Cl)cc(Cl)c2CO)c1)C(=O)c1ccccc1Oc1ccccc1. The Morgan fingerprint density at radius 1 is 0.732 bits per heavy atom. The van der Waals surface area contributed by atoms with E-state index in [0.29, 0.717) is 34.7 Å². The second-order valence-electron chi connectivity index (χ2n) is 13.8. The van der Waals surface area contributed by atoms with Crippen LogP contribution in [0.1, 0.15) is 46.5 Å². The summed E-state index contributed by atoms with van der Waals surface area (Å²) in [6, 6.07) is 40.1. The average molecular weight is 812 g/mol. The van der Waals surface area contributed by atoms with Crippen molar-refractivity contribution in [2.24, 2.45) is 5.92 Å². The van der Waals surface area contributed by atoms with Gasteiger partial charge in [0.1, 0.15) is 17.3 Å². The van der Waals surface area contributed by atoms with Crippen LogP contribution < -0.4 is 4.74 Å². The second-order valence-corrected chi connectivity index (χ2v) is 16.6. The van der Waals surface area contributed by atoms with E-state index in [1.54, 1.807) is 35.2 Å². The molecule has 0 aliphatic rings. The lowest BCUT2D eigenvalue weighted by Gasteiger charge is -2.27. The molecule has 6 rings (SSSR count). The third-order valence-corrected chi connectivity index (χ3v) is 11.5. The number of hydrogen-bond donors (Lipinski definition) is 1. The molecule has 7 nitrogen and oxygen atoms in total. The number of rotatable bonds is 15. The van der Waals surface area contributed by atoms with Crippen molar-refractivity contribution in [2.45, 2.75) is 45.0 Å². The van der Waals surface area contributed by atoms with Gasteiger partial charge in [0.25, 0.3) is 5.91 Å². The maximum Gasteiger partial charge on any atom is 0.257 e. The van der Waals surface area contributed by atoms with E-state index in [-0.39, 0.29) is 57.8 Å². The Morgan fingerprint density at radius 3 is 2.00 bits per heavy atom. The van der Waals surface area contributed by atoms with Crippen LogP contribution in [0.25, 0.3) is 11.1 Å². The van der Waals surface area contributed by atoms with Crippen molar-refractivity contribution < 1.29 is 27.4 Å². The highest BCUT2D eigenvalue weighted by molar-refractivity contribution is 7.89. The van der Waals surface area contributed by atoms with Gasteiger partial charge in [0.2, 0.25) is 10.0 Å². The fraction of sp³-hybridized carbons (Fsp3) is 0.178. The van der Waals surface area contributed by atoms with E-state index in [1.165, 1.54) is 28.6 Å². The van der Waals surface area contributed by atoms with Crippen molar-refractivity contribution >= 4 is 39.1 Å². The lowest BCUT2D eigenvalue weighted by molar-refractivity contribution is 0.0720. The number of amides is 1. The second kappa shape index (κ2) is 18.3. The molecule has 0 aliphatic heterocycles. The highest BCUT2D eigenvalue weighted by atomic mass is 35.5. The maximum absolute atomic E-state index is 14.5. The number of benzene rings is 6. The van der Waals surface area contributed by atoms with Gasteiger partial charge in [0.05, 0.1) is 17.1 Å². The predicted molar refractivity (Wildman–Crippen MR) is 220 cm³/mol. The maximum atomic E-state index is 14.5. The number of sulfonamides is 1. The van der Waals surface area contributed by atoms with Crippen LogP contribution in [0.2, 0.25) is 10.0 Å². The molecule has 0 aliphatic carbocycles. The summed E-state index contributed by atoms with van der Waals surface area (Å²) in [7, 11) is -4.30. The van der Waals surface area contributed by atoms with Crippen molar-refractivity contribution in [1.29, 1.82) is 0 Å². The summed E-state index contributed by atoms with van der Waals surface area (Å²) in [6.45, 7) is 4.14. The van der Waals surface area contributed by atoms with Gasteiger partial charge in [-0.1, -0.05) is 128 Å². The Morgan fingerprint density at radius 2 is 1.34 bits per heavy atom. The van der Waals surface area contributed by atoms with Crippen LogP contribution in [0, 0.1) is 11.7 Å². The monoisotopic (exact) mass is 810 g/mol. The summed E-state index contributed by atoms with van der Waals surface area (Å²) in [5, 5.41) is 10.3. The number of nitrogens with zero attached hydrogens (tertiary/aromatic N) is 2. The van der Waals surface area contributed by atoms with Crippen LogP contribution in [0.5, 0.6) is 11.5 Å². The van der Waals surface area contributed by atoms with E-state index in [2.05, 4.69) is 0 Å². The molecule has 0 atom stereocenters. The molecule has 6 aromatic rings. The van der Waals surface area contributed by atoms with Gasteiger partial charge in [-0.3, -0.25) is 4.79 Å². The van der Waals surface area contributed by atoms with Crippen LogP contribution in [-0.4, -0.2) is 35.2 Å². The number of carbonyl (C=O) groups is 1. The summed E-state index contributed by atoms with van der Waals surface area (Å²) in [5.41, 5.74) is 4.31. The van der Waals surface area contributed by atoms with E-state index < -0.39 is 16.6 Å². The quantitative estimate of drug-likeness (QED) is 0.112. The first-order valence-corrected chi connectivity index (χ1v) is 20.2. The first-order valence-electron chi connectivity index (χ1n) is 18.0. The zero-order chi connectivity index (χ0) is 39.8. The van der Waals surface area contributed by atoms with Gasteiger partial charge in [0.15, 0.2) is 0 Å². The van der Waals surface area contributed by atoms with Gasteiger partial charge in [-0.05, 0) is 82.3 Å². The smallest absolute Gasteiger partial charge is 0.257 e. The largest absolute Gasteiger partial charge is 0.457 e. The Hall–Kier alpha value is -5.03. The molecule has 1 amide bonds. The number of hydrogen-bond acceptors (Lipinski definition) is 5. The van der Waals surface area contributed by atoms with E-state index in [1.807, 2.05) is 98.8 Å². The molecular weight excluding hydrogens is 770 g/mol. The molecule has 1 N–H and O–H groups in total. The highest BCUT2D eigenvalue weighted by Gasteiger charge is 2.30. The molecule has 56 heavy (non-hydrogen) atoms. The summed E-state index contributed by atoms with van der Waals surface area (Å²) in [6.07, 6.45) is 0. The van der Waals surface area contributed by atoms with E-state index in [9.17, 15) is 22.7 Å².